The summed E-state index contributed by atoms with van der Waals surface area (Å²) in [6.45, 7) is 4.45. The molecule has 1 aromatic carbocycles. The normalized spacial score (nSPS) is 16.0. The van der Waals surface area contributed by atoms with Crippen LogP contribution in [0, 0.1) is 0 Å². The number of benzene rings is 1. The lowest BCUT2D eigenvalue weighted by Gasteiger charge is -2.22. The number of hydrogen-bond acceptors (Lipinski definition) is 5. The van der Waals surface area contributed by atoms with Gasteiger partial charge in [-0.2, -0.15) is 5.10 Å². The lowest BCUT2D eigenvalue weighted by Crippen LogP contribution is -2.41. The van der Waals surface area contributed by atoms with Gasteiger partial charge in [0.15, 0.2) is 0 Å². The van der Waals surface area contributed by atoms with E-state index in [4.69, 9.17) is 0 Å². The van der Waals surface area contributed by atoms with Gasteiger partial charge in [-0.25, -0.2) is 8.42 Å². The highest BCUT2D eigenvalue weighted by atomic mass is 32.2. The summed E-state index contributed by atoms with van der Waals surface area (Å²) in [5.41, 5.74) is 3.00. The van der Waals surface area contributed by atoms with E-state index in [0.29, 0.717) is 18.8 Å². The van der Waals surface area contributed by atoms with Crippen molar-refractivity contribution >= 4 is 26.5 Å². The smallest absolute Gasteiger partial charge is 0.286 e. The van der Waals surface area contributed by atoms with Crippen molar-refractivity contribution in [2.75, 3.05) is 18.5 Å². The van der Waals surface area contributed by atoms with Crippen LogP contribution in [0.15, 0.2) is 34.3 Å². The van der Waals surface area contributed by atoms with Crippen LogP contribution in [0.3, 0.4) is 0 Å². The van der Waals surface area contributed by atoms with Gasteiger partial charge in [0.1, 0.15) is 0 Å². The van der Waals surface area contributed by atoms with E-state index in [-0.39, 0.29) is 4.90 Å². The second-order valence-corrected chi connectivity index (χ2v) is 5.84. The maximum atomic E-state index is 12.4. The van der Waals surface area contributed by atoms with Crippen molar-refractivity contribution in [2.45, 2.75) is 18.7 Å². The molecule has 7 heteroatoms. The number of rotatable bonds is 3. The number of para-hydroxylation sites is 1. The Kier molecular flexibility index (Phi) is 3.57. The summed E-state index contributed by atoms with van der Waals surface area (Å²) >= 11 is 0. The van der Waals surface area contributed by atoms with Gasteiger partial charge in [0, 0.05) is 13.1 Å². The minimum absolute atomic E-state index is 0.0838. The highest BCUT2D eigenvalue weighted by Gasteiger charge is 2.36. The van der Waals surface area contributed by atoms with Crippen LogP contribution in [0.1, 0.15) is 13.8 Å². The molecule has 2 rings (SSSR count). The first-order valence-electron chi connectivity index (χ1n) is 5.99. The summed E-state index contributed by atoms with van der Waals surface area (Å²) in [6.07, 6.45) is 0. The number of sulfone groups is 1. The van der Waals surface area contributed by atoms with Crippen LogP contribution in [0.4, 0.5) is 5.69 Å². The van der Waals surface area contributed by atoms with E-state index < -0.39 is 20.8 Å². The van der Waals surface area contributed by atoms with Crippen LogP contribution in [0.2, 0.25) is 0 Å². The second kappa shape index (κ2) is 5.00. The monoisotopic (exact) mass is 281 g/mol. The quantitative estimate of drug-likeness (QED) is 0.898. The van der Waals surface area contributed by atoms with Crippen LogP contribution in [-0.4, -0.2) is 37.4 Å². The predicted octanol–water partition coefficient (Wildman–Crippen LogP) is 1.07. The van der Waals surface area contributed by atoms with Crippen molar-refractivity contribution in [2.24, 2.45) is 5.10 Å². The van der Waals surface area contributed by atoms with Crippen LogP contribution < -0.4 is 5.43 Å². The first kappa shape index (κ1) is 13.5. The molecule has 6 nitrogen and oxygen atoms in total. The van der Waals surface area contributed by atoms with Crippen molar-refractivity contribution in [3.63, 3.8) is 0 Å². The third-order valence-electron chi connectivity index (χ3n) is 2.94. The molecule has 0 saturated carbocycles. The molecule has 0 radical (unpaired) electrons. The Hall–Kier alpha value is -1.89. The van der Waals surface area contributed by atoms with E-state index >= 15 is 0 Å². The molecular formula is C12H15N3O3S. The summed E-state index contributed by atoms with van der Waals surface area (Å²) in [6, 6.07) is 6.38. The number of amides is 1. The van der Waals surface area contributed by atoms with Crippen LogP contribution in [-0.2, 0) is 14.6 Å². The van der Waals surface area contributed by atoms with E-state index in [1.165, 1.54) is 11.0 Å². The fourth-order valence-electron chi connectivity index (χ4n) is 1.88. The first-order valence-corrected chi connectivity index (χ1v) is 7.47. The van der Waals surface area contributed by atoms with E-state index in [0.717, 1.165) is 0 Å². The fourth-order valence-corrected chi connectivity index (χ4v) is 3.27. The van der Waals surface area contributed by atoms with Crippen LogP contribution in [0.5, 0.6) is 0 Å². The van der Waals surface area contributed by atoms with E-state index in [9.17, 15) is 13.2 Å². The Balaban J connectivity index is 2.46. The predicted molar refractivity (Wildman–Crippen MR) is 72.6 cm³/mol. The average molecular weight is 281 g/mol. The van der Waals surface area contributed by atoms with Crippen molar-refractivity contribution in [3.8, 4) is 0 Å². The zero-order chi connectivity index (χ0) is 14.0. The Labute approximate surface area is 112 Å². The minimum Gasteiger partial charge on any atom is -0.337 e. The number of anilines is 1. The molecule has 0 atom stereocenters. The molecule has 1 aromatic rings. The maximum Gasteiger partial charge on any atom is 0.286 e. The molecule has 1 heterocycles. The Morgan fingerprint density at radius 3 is 2.53 bits per heavy atom. The van der Waals surface area contributed by atoms with Gasteiger partial charge in [-0.05, 0) is 26.0 Å². The number of nitrogens with zero attached hydrogens (tertiary/aromatic N) is 2. The number of carbonyl (C=O) groups excluding carboxylic acids is 1. The van der Waals surface area contributed by atoms with E-state index in [1.54, 1.807) is 32.0 Å². The second-order valence-electron chi connectivity index (χ2n) is 4.01. The van der Waals surface area contributed by atoms with Crippen molar-refractivity contribution < 1.29 is 13.2 Å². The molecule has 0 bridgehead atoms. The summed E-state index contributed by atoms with van der Waals surface area (Å²) in [4.78, 5) is 13.7. The summed E-state index contributed by atoms with van der Waals surface area (Å²) in [7, 11) is -3.85. The highest BCUT2D eigenvalue weighted by Crippen LogP contribution is 2.27. The van der Waals surface area contributed by atoms with Crippen LogP contribution in [0.25, 0.3) is 0 Å². The number of carbonyl (C=O) groups is 1. The number of hydrogen-bond donors (Lipinski definition) is 1. The van der Waals surface area contributed by atoms with E-state index in [2.05, 4.69) is 10.5 Å². The minimum atomic E-state index is -3.85. The van der Waals surface area contributed by atoms with Gasteiger partial charge in [-0.3, -0.25) is 10.2 Å². The van der Waals surface area contributed by atoms with Crippen molar-refractivity contribution in [3.05, 3.63) is 24.3 Å². The SMILES string of the molecule is CCN(CC)C(=O)C1=NNc2ccccc2S1(=O)=O. The molecule has 0 aliphatic carbocycles. The Morgan fingerprint density at radius 1 is 1.26 bits per heavy atom. The molecule has 0 saturated heterocycles. The Morgan fingerprint density at radius 2 is 1.89 bits per heavy atom. The third kappa shape index (κ3) is 2.21. The van der Waals surface area contributed by atoms with Gasteiger partial charge in [-0.1, -0.05) is 12.1 Å². The van der Waals surface area contributed by atoms with Gasteiger partial charge in [-0.15, -0.1) is 0 Å². The molecule has 0 aromatic heterocycles. The van der Waals surface area contributed by atoms with E-state index in [1.807, 2.05) is 0 Å². The third-order valence-corrected chi connectivity index (χ3v) is 4.65. The lowest BCUT2D eigenvalue weighted by molar-refractivity contribution is -0.123. The van der Waals surface area contributed by atoms with Crippen molar-refractivity contribution in [1.29, 1.82) is 0 Å². The zero-order valence-electron chi connectivity index (χ0n) is 10.8. The molecule has 1 amide bonds. The average Bonchev–Trinajstić information content (AvgIpc) is 2.40. The van der Waals surface area contributed by atoms with Gasteiger partial charge in [0.05, 0.1) is 10.6 Å². The highest BCUT2D eigenvalue weighted by molar-refractivity contribution is 8.08. The molecule has 0 fully saturated rings. The molecule has 1 aliphatic rings. The standard InChI is InChI=1S/C12H15N3O3S/c1-3-15(4-2)12(16)11-14-13-9-7-5-6-8-10(9)19(11,17)18/h5-8,13H,3-4H2,1-2H3. The number of fused-ring (bicyclic) bond motifs is 1. The van der Waals surface area contributed by atoms with Crippen LogP contribution >= 0.6 is 0 Å². The molecular weight excluding hydrogens is 266 g/mol. The molecule has 102 valence electrons. The first-order chi connectivity index (χ1) is 9.02. The number of hydrazone groups is 1. The lowest BCUT2D eigenvalue weighted by atomic mass is 10.3. The molecule has 1 N–H and O–H groups in total. The molecule has 0 unspecified atom stereocenters. The topological polar surface area (TPSA) is 78.8 Å². The fraction of sp³-hybridized carbons (Fsp3) is 0.333. The summed E-state index contributed by atoms with van der Waals surface area (Å²) < 4.78 is 24.7. The maximum absolute atomic E-state index is 12.4. The molecule has 0 spiro atoms. The molecule has 19 heavy (non-hydrogen) atoms. The number of nitrogens with one attached hydrogen (secondary N) is 1. The van der Waals surface area contributed by atoms with Crippen molar-refractivity contribution in [1.82, 2.24) is 4.90 Å². The van der Waals surface area contributed by atoms with Gasteiger partial charge >= 0.3 is 0 Å². The summed E-state index contributed by atoms with van der Waals surface area (Å²) in [5.74, 6) is -0.577. The van der Waals surface area contributed by atoms with Gasteiger partial charge < -0.3 is 4.90 Å². The van der Waals surface area contributed by atoms with Gasteiger partial charge in [0.25, 0.3) is 5.91 Å². The largest absolute Gasteiger partial charge is 0.337 e. The summed E-state index contributed by atoms with van der Waals surface area (Å²) in [5, 5.41) is 3.28. The Bertz CT molecular complexity index is 633. The zero-order valence-corrected chi connectivity index (χ0v) is 11.6. The molecule has 1 aliphatic heterocycles. The van der Waals surface area contributed by atoms with Gasteiger partial charge in [0.2, 0.25) is 14.9 Å².